The molecule has 0 aliphatic carbocycles. The van der Waals surface area contributed by atoms with E-state index >= 15 is 0 Å². The fraction of sp³-hybridized carbons (Fsp3) is 0.273. The molecule has 1 aromatic heterocycles. The first kappa shape index (κ1) is 18.3. The summed E-state index contributed by atoms with van der Waals surface area (Å²) in [5, 5.41) is 0.784. The van der Waals surface area contributed by atoms with Gasteiger partial charge in [-0.05, 0) is 11.6 Å². The van der Waals surface area contributed by atoms with Crippen LogP contribution in [0.5, 0.6) is 0 Å². The second kappa shape index (κ2) is 7.86. The van der Waals surface area contributed by atoms with Crippen molar-refractivity contribution in [2.24, 2.45) is 0 Å². The van der Waals surface area contributed by atoms with Gasteiger partial charge in [0, 0.05) is 23.6 Å². The number of carbonyl (C=O) groups excluding carboxylic acids is 2. The number of rotatable bonds is 4. The lowest BCUT2D eigenvalue weighted by Gasteiger charge is -2.33. The van der Waals surface area contributed by atoms with Gasteiger partial charge in [0.1, 0.15) is 12.6 Å². The maximum atomic E-state index is 13.0. The Morgan fingerprint density at radius 2 is 1.86 bits per heavy atom. The van der Waals surface area contributed by atoms with Crippen LogP contribution in [-0.4, -0.2) is 48.1 Å². The summed E-state index contributed by atoms with van der Waals surface area (Å²) >= 11 is 0. The molecule has 2 aromatic carbocycles. The van der Waals surface area contributed by atoms with E-state index in [1.807, 2.05) is 64.1 Å². The van der Waals surface area contributed by atoms with E-state index in [1.165, 1.54) is 7.11 Å². The first-order valence-electron chi connectivity index (χ1n) is 9.28. The Labute approximate surface area is 163 Å². The lowest BCUT2D eigenvalue weighted by Crippen LogP contribution is -2.43. The number of ether oxygens (including phenoxy) is 2. The van der Waals surface area contributed by atoms with Crippen LogP contribution in [0.1, 0.15) is 22.0 Å². The van der Waals surface area contributed by atoms with Gasteiger partial charge in [-0.15, -0.1) is 0 Å². The molecule has 4 rings (SSSR count). The third-order valence-corrected chi connectivity index (χ3v) is 5.09. The molecule has 1 aliphatic heterocycles. The molecule has 1 saturated heterocycles. The quantitative estimate of drug-likeness (QED) is 0.655. The van der Waals surface area contributed by atoms with E-state index in [0.717, 1.165) is 16.5 Å². The maximum Gasteiger partial charge on any atom is 0.340 e. The van der Waals surface area contributed by atoms with Gasteiger partial charge in [0.25, 0.3) is 0 Å². The Hall–Kier alpha value is -3.12. The van der Waals surface area contributed by atoms with Gasteiger partial charge in [0.05, 0.1) is 25.8 Å². The maximum absolute atomic E-state index is 13.0. The van der Waals surface area contributed by atoms with Crippen molar-refractivity contribution in [1.82, 2.24) is 9.47 Å². The number of nitrogens with zero attached hydrogens (tertiary/aromatic N) is 2. The topological polar surface area (TPSA) is 60.8 Å². The highest BCUT2D eigenvalue weighted by Crippen LogP contribution is 2.24. The summed E-state index contributed by atoms with van der Waals surface area (Å²) in [5.41, 5.74) is 2.37. The third-order valence-electron chi connectivity index (χ3n) is 5.09. The van der Waals surface area contributed by atoms with Crippen molar-refractivity contribution in [3.05, 3.63) is 71.9 Å². The summed E-state index contributed by atoms with van der Waals surface area (Å²) in [4.78, 5) is 26.9. The number of para-hydroxylation sites is 1. The normalized spacial score (nSPS) is 16.9. The molecule has 6 heteroatoms. The summed E-state index contributed by atoms with van der Waals surface area (Å²) in [7, 11) is 1.36. The van der Waals surface area contributed by atoms with E-state index in [-0.39, 0.29) is 18.6 Å². The van der Waals surface area contributed by atoms with Gasteiger partial charge < -0.3 is 18.9 Å². The van der Waals surface area contributed by atoms with Crippen molar-refractivity contribution >= 4 is 22.8 Å². The number of esters is 1. The SMILES string of the molecule is COC(=O)c1cn(CC(=O)N2CCO[C@H](c3ccccc3)C2)c2ccccc12. The first-order valence-corrected chi connectivity index (χ1v) is 9.28. The highest BCUT2D eigenvalue weighted by atomic mass is 16.5. The third kappa shape index (κ3) is 3.51. The zero-order valence-corrected chi connectivity index (χ0v) is 15.7. The van der Waals surface area contributed by atoms with Gasteiger partial charge in [-0.3, -0.25) is 4.79 Å². The van der Waals surface area contributed by atoms with E-state index < -0.39 is 5.97 Å². The van der Waals surface area contributed by atoms with Crippen LogP contribution in [0.2, 0.25) is 0 Å². The van der Waals surface area contributed by atoms with E-state index in [0.29, 0.717) is 25.3 Å². The largest absolute Gasteiger partial charge is 0.465 e. The molecule has 28 heavy (non-hydrogen) atoms. The second-order valence-corrected chi connectivity index (χ2v) is 6.79. The lowest BCUT2D eigenvalue weighted by molar-refractivity contribution is -0.139. The highest BCUT2D eigenvalue weighted by molar-refractivity contribution is 6.04. The number of methoxy groups -OCH3 is 1. The standard InChI is InChI=1S/C22H22N2O4/c1-27-22(26)18-13-24(19-10-6-5-9-17(18)19)15-21(25)23-11-12-28-20(14-23)16-7-3-2-4-8-16/h2-10,13,20H,11-12,14-15H2,1H3/t20-/m0/s1. The van der Waals surface area contributed by atoms with Gasteiger partial charge in [-0.25, -0.2) is 4.79 Å². The fourth-order valence-electron chi connectivity index (χ4n) is 3.64. The van der Waals surface area contributed by atoms with Gasteiger partial charge in [0.2, 0.25) is 5.91 Å². The predicted molar refractivity (Wildman–Crippen MR) is 105 cm³/mol. The monoisotopic (exact) mass is 378 g/mol. The van der Waals surface area contributed by atoms with Crippen molar-refractivity contribution in [3.8, 4) is 0 Å². The Bertz CT molecular complexity index is 996. The van der Waals surface area contributed by atoms with Crippen molar-refractivity contribution in [1.29, 1.82) is 0 Å². The van der Waals surface area contributed by atoms with Crippen LogP contribution >= 0.6 is 0 Å². The molecule has 1 fully saturated rings. The molecule has 0 radical (unpaired) electrons. The predicted octanol–water partition coefficient (Wildman–Crippen LogP) is 3.03. The van der Waals surface area contributed by atoms with Crippen LogP contribution < -0.4 is 0 Å². The number of fused-ring (bicyclic) bond motifs is 1. The van der Waals surface area contributed by atoms with E-state index in [4.69, 9.17) is 9.47 Å². The summed E-state index contributed by atoms with van der Waals surface area (Å²) in [6.45, 7) is 1.75. The summed E-state index contributed by atoms with van der Waals surface area (Å²) in [6.07, 6.45) is 1.58. The van der Waals surface area contributed by atoms with Crippen LogP contribution in [0.15, 0.2) is 60.8 Å². The summed E-state index contributed by atoms with van der Waals surface area (Å²) < 4.78 is 12.5. The molecule has 2 heterocycles. The van der Waals surface area contributed by atoms with E-state index in [9.17, 15) is 9.59 Å². The lowest BCUT2D eigenvalue weighted by atomic mass is 10.1. The Morgan fingerprint density at radius 1 is 1.11 bits per heavy atom. The average molecular weight is 378 g/mol. The highest BCUT2D eigenvalue weighted by Gasteiger charge is 2.26. The molecule has 1 aliphatic rings. The molecule has 144 valence electrons. The fourth-order valence-corrected chi connectivity index (χ4v) is 3.64. The molecule has 0 N–H and O–H groups in total. The molecule has 3 aromatic rings. The molecule has 0 spiro atoms. The average Bonchev–Trinajstić information content (AvgIpc) is 3.12. The van der Waals surface area contributed by atoms with Crippen molar-refractivity contribution in [3.63, 3.8) is 0 Å². The van der Waals surface area contributed by atoms with Crippen LogP contribution in [0.25, 0.3) is 10.9 Å². The molecule has 1 amide bonds. The number of hydrogen-bond acceptors (Lipinski definition) is 4. The smallest absolute Gasteiger partial charge is 0.340 e. The molecule has 6 nitrogen and oxygen atoms in total. The number of benzene rings is 2. The minimum Gasteiger partial charge on any atom is -0.465 e. The van der Waals surface area contributed by atoms with Crippen LogP contribution in [0, 0.1) is 0 Å². The molecule has 1 atom stereocenters. The molecule has 0 saturated carbocycles. The zero-order chi connectivity index (χ0) is 19.5. The number of hydrogen-bond donors (Lipinski definition) is 0. The van der Waals surface area contributed by atoms with E-state index in [1.54, 1.807) is 6.20 Å². The van der Waals surface area contributed by atoms with Gasteiger partial charge in [-0.1, -0.05) is 48.5 Å². The minimum absolute atomic E-state index is 0.00130. The Morgan fingerprint density at radius 3 is 2.64 bits per heavy atom. The molecular formula is C22H22N2O4. The number of aromatic nitrogens is 1. The van der Waals surface area contributed by atoms with Crippen LogP contribution in [-0.2, 0) is 20.8 Å². The summed E-state index contributed by atoms with van der Waals surface area (Å²) in [5.74, 6) is -0.403. The van der Waals surface area contributed by atoms with E-state index in [2.05, 4.69) is 0 Å². The molecular weight excluding hydrogens is 356 g/mol. The molecule has 0 bridgehead atoms. The van der Waals surface area contributed by atoms with Crippen LogP contribution in [0.4, 0.5) is 0 Å². The first-order chi connectivity index (χ1) is 13.7. The van der Waals surface area contributed by atoms with Crippen LogP contribution in [0.3, 0.4) is 0 Å². The van der Waals surface area contributed by atoms with Crippen molar-refractivity contribution in [2.75, 3.05) is 26.8 Å². The summed E-state index contributed by atoms with van der Waals surface area (Å²) in [6, 6.07) is 17.5. The van der Waals surface area contributed by atoms with Crippen molar-refractivity contribution < 1.29 is 19.1 Å². The second-order valence-electron chi connectivity index (χ2n) is 6.79. The van der Waals surface area contributed by atoms with Crippen molar-refractivity contribution in [2.45, 2.75) is 12.6 Å². The van der Waals surface area contributed by atoms with Gasteiger partial charge >= 0.3 is 5.97 Å². The Kier molecular flexibility index (Phi) is 5.12. The number of carbonyl (C=O) groups is 2. The van der Waals surface area contributed by atoms with Gasteiger partial charge in [0.15, 0.2) is 0 Å². The minimum atomic E-state index is -0.405. The number of amides is 1. The zero-order valence-electron chi connectivity index (χ0n) is 15.7. The molecule has 0 unspecified atom stereocenters. The Balaban J connectivity index is 1.54. The van der Waals surface area contributed by atoms with Gasteiger partial charge in [-0.2, -0.15) is 0 Å². The number of morpholine rings is 1.